The van der Waals surface area contributed by atoms with Gasteiger partial charge in [-0.05, 0) is 35.4 Å². The van der Waals surface area contributed by atoms with Crippen LogP contribution in [0.3, 0.4) is 0 Å². The minimum Gasteiger partial charge on any atom is -0.298 e. The lowest BCUT2D eigenvalue weighted by Crippen LogP contribution is -2.16. The predicted molar refractivity (Wildman–Crippen MR) is 74.6 cm³/mol. The van der Waals surface area contributed by atoms with Crippen LogP contribution in [0.2, 0.25) is 0 Å². The van der Waals surface area contributed by atoms with E-state index in [1.807, 2.05) is 0 Å². The lowest BCUT2D eigenvalue weighted by atomic mass is 9.86. The second kappa shape index (κ2) is 5.95. The molecule has 0 aromatic heterocycles. The van der Waals surface area contributed by atoms with Crippen molar-refractivity contribution in [2.45, 2.75) is 25.7 Å². The average Bonchev–Trinajstić information content (AvgIpc) is 2.46. The number of Topliss-reactive ketones (excluding diaryl/α,β-unsaturated/α-hetero) is 1. The molecule has 2 unspecified atom stereocenters. The Morgan fingerprint density at radius 2 is 1.05 bits per heavy atom. The lowest BCUT2D eigenvalue weighted by Gasteiger charge is -2.17. The molecule has 2 atom stereocenters. The normalized spacial score (nSPS) is 13.8. The number of halogens is 2. The Kier molecular flexibility index (Phi) is 4.28. The van der Waals surface area contributed by atoms with Gasteiger partial charge in [-0.3, -0.25) is 4.79 Å². The molecule has 0 aliphatic rings. The molecule has 0 radical (unpaired) electrons. The average molecular weight is 274 g/mol. The monoisotopic (exact) mass is 274 g/mol. The van der Waals surface area contributed by atoms with Crippen LogP contribution >= 0.6 is 0 Å². The van der Waals surface area contributed by atoms with Crippen molar-refractivity contribution in [3.8, 4) is 0 Å². The number of hydrogen-bond acceptors (Lipinski definition) is 1. The number of hydrogen-bond donors (Lipinski definition) is 0. The summed E-state index contributed by atoms with van der Waals surface area (Å²) >= 11 is 0. The Morgan fingerprint density at radius 1 is 0.750 bits per heavy atom. The van der Waals surface area contributed by atoms with E-state index >= 15 is 0 Å². The molecule has 0 fully saturated rings. The quantitative estimate of drug-likeness (QED) is 0.805. The van der Waals surface area contributed by atoms with Gasteiger partial charge in [0.05, 0.1) is 0 Å². The van der Waals surface area contributed by atoms with Gasteiger partial charge in [0, 0.05) is 11.8 Å². The molecule has 0 spiro atoms. The molecule has 3 heteroatoms. The molecule has 1 nitrogen and oxygen atoms in total. The molecule has 2 aromatic rings. The van der Waals surface area contributed by atoms with E-state index in [0.717, 1.165) is 11.1 Å². The van der Waals surface area contributed by atoms with Crippen LogP contribution in [0, 0.1) is 11.6 Å². The van der Waals surface area contributed by atoms with E-state index in [9.17, 15) is 13.6 Å². The topological polar surface area (TPSA) is 17.1 Å². The Hall–Kier alpha value is -2.03. The van der Waals surface area contributed by atoms with Gasteiger partial charge in [0.25, 0.3) is 0 Å². The van der Waals surface area contributed by atoms with Gasteiger partial charge in [-0.2, -0.15) is 0 Å². The highest BCUT2D eigenvalue weighted by molar-refractivity contribution is 5.91. The van der Waals surface area contributed by atoms with Crippen LogP contribution in [0.1, 0.15) is 36.8 Å². The summed E-state index contributed by atoms with van der Waals surface area (Å²) in [6, 6.07) is 11.9. The summed E-state index contributed by atoms with van der Waals surface area (Å²) in [6.07, 6.45) is 0. The van der Waals surface area contributed by atoms with Gasteiger partial charge in [-0.15, -0.1) is 0 Å². The van der Waals surface area contributed by atoms with E-state index in [1.165, 1.54) is 24.3 Å². The van der Waals surface area contributed by atoms with E-state index in [1.54, 1.807) is 38.1 Å². The minimum atomic E-state index is -0.323. The van der Waals surface area contributed by atoms with Gasteiger partial charge >= 0.3 is 0 Å². The SMILES string of the molecule is CC(C(=O)C(C)c1ccc(F)cc1)c1ccc(F)cc1. The van der Waals surface area contributed by atoms with Crippen LogP contribution in [-0.4, -0.2) is 5.78 Å². The second-order valence-electron chi connectivity index (χ2n) is 4.95. The molecule has 0 amide bonds. The summed E-state index contributed by atoms with van der Waals surface area (Å²) in [5.74, 6) is -1.26. The van der Waals surface area contributed by atoms with Crippen LogP contribution in [-0.2, 0) is 4.79 Å². The first kappa shape index (κ1) is 14.4. The zero-order valence-corrected chi connectivity index (χ0v) is 11.4. The Balaban J connectivity index is 2.17. The summed E-state index contributed by atoms with van der Waals surface area (Å²) in [4.78, 5) is 12.4. The number of carbonyl (C=O) groups is 1. The van der Waals surface area contributed by atoms with Gasteiger partial charge in [-0.25, -0.2) is 8.78 Å². The van der Waals surface area contributed by atoms with E-state index in [-0.39, 0.29) is 29.3 Å². The molecular formula is C17H16F2O. The molecule has 0 aliphatic carbocycles. The third kappa shape index (κ3) is 3.10. The summed E-state index contributed by atoms with van der Waals surface area (Å²) < 4.78 is 25.8. The smallest absolute Gasteiger partial charge is 0.147 e. The van der Waals surface area contributed by atoms with Crippen LogP contribution in [0.4, 0.5) is 8.78 Å². The largest absolute Gasteiger partial charge is 0.298 e. The maximum absolute atomic E-state index is 12.9. The summed E-state index contributed by atoms with van der Waals surface area (Å²) in [5.41, 5.74) is 1.57. The van der Waals surface area contributed by atoms with Crippen molar-refractivity contribution < 1.29 is 13.6 Å². The van der Waals surface area contributed by atoms with Crippen molar-refractivity contribution in [1.82, 2.24) is 0 Å². The molecule has 104 valence electrons. The highest BCUT2D eigenvalue weighted by atomic mass is 19.1. The lowest BCUT2D eigenvalue weighted by molar-refractivity contribution is -0.121. The zero-order valence-electron chi connectivity index (χ0n) is 11.4. The van der Waals surface area contributed by atoms with E-state index in [2.05, 4.69) is 0 Å². The first-order valence-corrected chi connectivity index (χ1v) is 6.53. The van der Waals surface area contributed by atoms with Crippen molar-refractivity contribution in [3.05, 3.63) is 71.3 Å². The van der Waals surface area contributed by atoms with Crippen molar-refractivity contribution >= 4 is 5.78 Å². The minimum absolute atomic E-state index is 0.0308. The van der Waals surface area contributed by atoms with Crippen LogP contribution in [0.15, 0.2) is 48.5 Å². The second-order valence-corrected chi connectivity index (χ2v) is 4.95. The number of ketones is 1. The van der Waals surface area contributed by atoms with Crippen molar-refractivity contribution in [2.24, 2.45) is 0 Å². The molecule has 0 bridgehead atoms. The number of carbonyl (C=O) groups excluding carboxylic acids is 1. The Bertz CT molecular complexity index is 534. The van der Waals surface area contributed by atoms with Crippen molar-refractivity contribution in [1.29, 1.82) is 0 Å². The first-order chi connectivity index (χ1) is 9.49. The highest BCUT2D eigenvalue weighted by Crippen LogP contribution is 2.26. The molecule has 0 aliphatic heterocycles. The first-order valence-electron chi connectivity index (χ1n) is 6.53. The summed E-state index contributed by atoms with van der Waals surface area (Å²) in [5, 5.41) is 0. The Labute approximate surface area is 117 Å². The highest BCUT2D eigenvalue weighted by Gasteiger charge is 2.22. The Morgan fingerprint density at radius 3 is 1.35 bits per heavy atom. The van der Waals surface area contributed by atoms with Crippen LogP contribution < -0.4 is 0 Å². The molecule has 2 rings (SSSR count). The van der Waals surface area contributed by atoms with Crippen LogP contribution in [0.25, 0.3) is 0 Å². The number of benzene rings is 2. The summed E-state index contributed by atoms with van der Waals surface area (Å²) in [6.45, 7) is 3.60. The molecule has 0 saturated heterocycles. The maximum Gasteiger partial charge on any atom is 0.147 e. The fourth-order valence-corrected chi connectivity index (χ4v) is 2.21. The molecule has 20 heavy (non-hydrogen) atoms. The van der Waals surface area contributed by atoms with Crippen molar-refractivity contribution in [2.75, 3.05) is 0 Å². The predicted octanol–water partition coefficient (Wildman–Crippen LogP) is 4.44. The molecule has 0 heterocycles. The van der Waals surface area contributed by atoms with Gasteiger partial charge in [-0.1, -0.05) is 38.1 Å². The standard InChI is InChI=1S/C17H16F2O/c1-11(13-3-7-15(18)8-4-13)17(20)12(2)14-5-9-16(19)10-6-14/h3-12H,1-2H3. The third-order valence-corrected chi connectivity index (χ3v) is 3.59. The van der Waals surface area contributed by atoms with Gasteiger partial charge < -0.3 is 0 Å². The molecule has 0 N–H and O–H groups in total. The maximum atomic E-state index is 12.9. The van der Waals surface area contributed by atoms with Gasteiger partial charge in [0.2, 0.25) is 0 Å². The van der Waals surface area contributed by atoms with Gasteiger partial charge in [0.1, 0.15) is 17.4 Å². The van der Waals surface area contributed by atoms with E-state index in [4.69, 9.17) is 0 Å². The fraction of sp³-hybridized carbons (Fsp3) is 0.235. The molecule has 2 aromatic carbocycles. The fourth-order valence-electron chi connectivity index (χ4n) is 2.21. The molecular weight excluding hydrogens is 258 g/mol. The van der Waals surface area contributed by atoms with Gasteiger partial charge in [0.15, 0.2) is 0 Å². The van der Waals surface area contributed by atoms with Crippen LogP contribution in [0.5, 0.6) is 0 Å². The van der Waals surface area contributed by atoms with Crippen molar-refractivity contribution in [3.63, 3.8) is 0 Å². The number of rotatable bonds is 4. The van der Waals surface area contributed by atoms with E-state index in [0.29, 0.717) is 0 Å². The zero-order chi connectivity index (χ0) is 14.7. The summed E-state index contributed by atoms with van der Waals surface area (Å²) in [7, 11) is 0. The molecule has 0 saturated carbocycles. The van der Waals surface area contributed by atoms with E-state index < -0.39 is 0 Å². The third-order valence-electron chi connectivity index (χ3n) is 3.59.